The van der Waals surface area contributed by atoms with Crippen LogP contribution in [0.25, 0.3) is 0 Å². The molecule has 0 spiro atoms. The van der Waals surface area contributed by atoms with Crippen LogP contribution in [0.5, 0.6) is 0 Å². The maximum atomic E-state index is 11.3. The van der Waals surface area contributed by atoms with Gasteiger partial charge in [-0.25, -0.2) is 9.78 Å². The molecule has 0 bridgehead atoms. The number of rotatable bonds is 7. The number of carbonyl (C=O) groups excluding carboxylic acids is 1. The average molecular weight is 299 g/mol. The first kappa shape index (κ1) is 15.8. The summed E-state index contributed by atoms with van der Waals surface area (Å²) in [5.41, 5.74) is 1.96. The molecule has 0 aliphatic heterocycles. The standard InChI is InChI=1S/C17H21N3O2/c1-2-22-17(21)20-15-10-11-16(19-13-15)18-12-6-9-14-7-4-3-5-8-14/h3-5,7-8,10-11,13H,2,6,9,12H2,1H3,(H,18,19)(H,20,21). The maximum absolute atomic E-state index is 11.3. The zero-order valence-corrected chi connectivity index (χ0v) is 12.7. The van der Waals surface area contributed by atoms with Gasteiger partial charge in [-0.3, -0.25) is 5.32 Å². The Morgan fingerprint density at radius 3 is 2.68 bits per heavy atom. The van der Waals surface area contributed by atoms with Crippen LogP contribution >= 0.6 is 0 Å². The summed E-state index contributed by atoms with van der Waals surface area (Å²) in [6.45, 7) is 2.97. The SMILES string of the molecule is CCOC(=O)Nc1ccc(NCCCc2ccccc2)nc1. The van der Waals surface area contributed by atoms with Crippen molar-refractivity contribution in [3.8, 4) is 0 Å². The first-order valence-corrected chi connectivity index (χ1v) is 7.45. The van der Waals surface area contributed by atoms with Gasteiger partial charge in [0.2, 0.25) is 0 Å². The van der Waals surface area contributed by atoms with Crippen molar-refractivity contribution >= 4 is 17.6 Å². The van der Waals surface area contributed by atoms with Crippen LogP contribution in [0.1, 0.15) is 18.9 Å². The van der Waals surface area contributed by atoms with E-state index in [4.69, 9.17) is 4.74 Å². The Kier molecular flexibility index (Phi) is 6.23. The van der Waals surface area contributed by atoms with Crippen LogP contribution in [-0.2, 0) is 11.2 Å². The van der Waals surface area contributed by atoms with Crippen LogP contribution in [0.2, 0.25) is 0 Å². The van der Waals surface area contributed by atoms with Gasteiger partial charge in [-0.05, 0) is 37.5 Å². The lowest BCUT2D eigenvalue weighted by Gasteiger charge is -2.08. The van der Waals surface area contributed by atoms with Crippen molar-refractivity contribution in [1.29, 1.82) is 0 Å². The number of carbonyl (C=O) groups is 1. The summed E-state index contributed by atoms with van der Waals surface area (Å²) >= 11 is 0. The summed E-state index contributed by atoms with van der Waals surface area (Å²) in [6.07, 6.45) is 3.22. The van der Waals surface area contributed by atoms with Crippen LogP contribution in [0.4, 0.5) is 16.3 Å². The van der Waals surface area contributed by atoms with Crippen molar-refractivity contribution in [2.45, 2.75) is 19.8 Å². The van der Waals surface area contributed by atoms with E-state index in [1.165, 1.54) is 5.56 Å². The van der Waals surface area contributed by atoms with Gasteiger partial charge in [-0.15, -0.1) is 0 Å². The molecule has 1 amide bonds. The van der Waals surface area contributed by atoms with Crippen molar-refractivity contribution in [2.24, 2.45) is 0 Å². The molecule has 5 nitrogen and oxygen atoms in total. The maximum Gasteiger partial charge on any atom is 0.411 e. The summed E-state index contributed by atoms with van der Waals surface area (Å²) in [4.78, 5) is 15.5. The minimum absolute atomic E-state index is 0.348. The van der Waals surface area contributed by atoms with E-state index in [1.54, 1.807) is 19.2 Å². The number of nitrogens with one attached hydrogen (secondary N) is 2. The Hall–Kier alpha value is -2.56. The molecule has 0 aliphatic carbocycles. The van der Waals surface area contributed by atoms with Crippen LogP contribution in [0.3, 0.4) is 0 Å². The minimum Gasteiger partial charge on any atom is -0.450 e. The van der Waals surface area contributed by atoms with Gasteiger partial charge in [0.05, 0.1) is 18.5 Å². The number of nitrogens with zero attached hydrogens (tertiary/aromatic N) is 1. The van der Waals surface area contributed by atoms with Gasteiger partial charge in [0.15, 0.2) is 0 Å². The van der Waals surface area contributed by atoms with E-state index in [-0.39, 0.29) is 0 Å². The molecule has 22 heavy (non-hydrogen) atoms. The van der Waals surface area contributed by atoms with Crippen LogP contribution in [-0.4, -0.2) is 24.2 Å². The number of aromatic nitrogens is 1. The summed E-state index contributed by atoms with van der Waals surface area (Å²) in [5.74, 6) is 0.794. The van der Waals surface area contributed by atoms with Crippen molar-refractivity contribution in [3.63, 3.8) is 0 Å². The number of amides is 1. The average Bonchev–Trinajstić information content (AvgIpc) is 2.54. The number of hydrogen-bond acceptors (Lipinski definition) is 4. The van der Waals surface area contributed by atoms with Gasteiger partial charge in [0.1, 0.15) is 5.82 Å². The van der Waals surface area contributed by atoms with Gasteiger partial charge in [0, 0.05) is 6.54 Å². The fourth-order valence-corrected chi connectivity index (χ4v) is 2.01. The molecule has 2 aromatic rings. The van der Waals surface area contributed by atoms with Gasteiger partial charge in [-0.2, -0.15) is 0 Å². The zero-order valence-electron chi connectivity index (χ0n) is 12.7. The predicted octanol–water partition coefficient (Wildman–Crippen LogP) is 3.69. The topological polar surface area (TPSA) is 63.2 Å². The summed E-state index contributed by atoms with van der Waals surface area (Å²) in [6, 6.07) is 14.0. The van der Waals surface area contributed by atoms with Crippen LogP contribution in [0, 0.1) is 0 Å². The van der Waals surface area contributed by atoms with E-state index in [9.17, 15) is 4.79 Å². The Morgan fingerprint density at radius 1 is 1.18 bits per heavy atom. The van der Waals surface area contributed by atoms with E-state index >= 15 is 0 Å². The summed E-state index contributed by atoms with van der Waals surface area (Å²) in [5, 5.41) is 5.87. The second kappa shape index (κ2) is 8.67. The van der Waals surface area contributed by atoms with Crippen LogP contribution < -0.4 is 10.6 Å². The Bertz CT molecular complexity index is 570. The fourth-order valence-electron chi connectivity index (χ4n) is 2.01. The molecule has 2 N–H and O–H groups in total. The molecular weight excluding hydrogens is 278 g/mol. The van der Waals surface area contributed by atoms with Gasteiger partial charge < -0.3 is 10.1 Å². The monoisotopic (exact) mass is 299 g/mol. The van der Waals surface area contributed by atoms with E-state index in [0.717, 1.165) is 25.2 Å². The van der Waals surface area contributed by atoms with Gasteiger partial charge in [0.25, 0.3) is 0 Å². The molecule has 1 aromatic carbocycles. The van der Waals surface area contributed by atoms with Crippen molar-refractivity contribution in [1.82, 2.24) is 4.98 Å². The molecule has 0 aliphatic rings. The molecule has 1 aromatic heterocycles. The van der Waals surface area contributed by atoms with E-state index in [0.29, 0.717) is 12.3 Å². The lowest BCUT2D eigenvalue weighted by Crippen LogP contribution is -2.13. The first-order chi connectivity index (χ1) is 10.8. The molecule has 0 saturated heterocycles. The zero-order chi connectivity index (χ0) is 15.6. The molecular formula is C17H21N3O2. The highest BCUT2D eigenvalue weighted by molar-refractivity contribution is 5.84. The smallest absolute Gasteiger partial charge is 0.411 e. The fraction of sp³-hybridized carbons (Fsp3) is 0.294. The summed E-state index contributed by atoms with van der Waals surface area (Å²) < 4.78 is 4.80. The third-order valence-electron chi connectivity index (χ3n) is 3.08. The largest absolute Gasteiger partial charge is 0.450 e. The predicted molar refractivity (Wildman–Crippen MR) is 88.1 cm³/mol. The number of anilines is 2. The normalized spacial score (nSPS) is 10.0. The Labute approximate surface area is 130 Å². The molecule has 116 valence electrons. The highest BCUT2D eigenvalue weighted by atomic mass is 16.5. The molecule has 1 heterocycles. The highest BCUT2D eigenvalue weighted by Gasteiger charge is 2.02. The van der Waals surface area contributed by atoms with Crippen molar-refractivity contribution < 1.29 is 9.53 Å². The van der Waals surface area contributed by atoms with Gasteiger partial charge in [-0.1, -0.05) is 30.3 Å². The molecule has 0 saturated carbocycles. The summed E-state index contributed by atoms with van der Waals surface area (Å²) in [7, 11) is 0. The lowest BCUT2D eigenvalue weighted by molar-refractivity contribution is 0.168. The van der Waals surface area contributed by atoms with Gasteiger partial charge >= 0.3 is 6.09 Å². The van der Waals surface area contributed by atoms with Crippen molar-refractivity contribution in [2.75, 3.05) is 23.8 Å². The van der Waals surface area contributed by atoms with E-state index < -0.39 is 6.09 Å². The second-order valence-electron chi connectivity index (χ2n) is 4.79. The number of hydrogen-bond donors (Lipinski definition) is 2. The van der Waals surface area contributed by atoms with Crippen molar-refractivity contribution in [3.05, 3.63) is 54.2 Å². The molecule has 0 unspecified atom stereocenters. The molecule has 0 radical (unpaired) electrons. The van der Waals surface area contributed by atoms with E-state index in [2.05, 4.69) is 39.9 Å². The van der Waals surface area contributed by atoms with Crippen LogP contribution in [0.15, 0.2) is 48.7 Å². The molecule has 0 atom stereocenters. The molecule has 0 fully saturated rings. The number of pyridine rings is 1. The highest BCUT2D eigenvalue weighted by Crippen LogP contribution is 2.10. The minimum atomic E-state index is -0.465. The third kappa shape index (κ3) is 5.44. The number of ether oxygens (including phenoxy) is 1. The molecule has 5 heteroatoms. The van der Waals surface area contributed by atoms with E-state index in [1.807, 2.05) is 12.1 Å². The Balaban J connectivity index is 1.71. The first-order valence-electron chi connectivity index (χ1n) is 7.45. The number of aryl methyl sites for hydroxylation is 1. The third-order valence-corrected chi connectivity index (χ3v) is 3.08. The quantitative estimate of drug-likeness (QED) is 0.765. The lowest BCUT2D eigenvalue weighted by atomic mass is 10.1. The second-order valence-corrected chi connectivity index (χ2v) is 4.79. The Morgan fingerprint density at radius 2 is 2.00 bits per heavy atom. The number of benzene rings is 1. The molecule has 2 rings (SSSR count).